The molecule has 6 atom stereocenters. The predicted octanol–water partition coefficient (Wildman–Crippen LogP) is 4.51. The number of fused-ring (bicyclic) bond motifs is 1. The second kappa shape index (κ2) is 11.6. The van der Waals surface area contributed by atoms with Gasteiger partial charge in [-0.05, 0) is 64.2 Å². The van der Waals surface area contributed by atoms with Crippen LogP contribution in [0.2, 0.25) is 0 Å². The number of aliphatic hydroxyl groups is 1. The maximum Gasteiger partial charge on any atom is 0.312 e. The topological polar surface area (TPSA) is 96.4 Å². The highest BCUT2D eigenvalue weighted by molar-refractivity contribution is 5.99. The first kappa shape index (κ1) is 32.3. The summed E-state index contributed by atoms with van der Waals surface area (Å²) in [5, 5.41) is 10.5. The summed E-state index contributed by atoms with van der Waals surface area (Å²) in [6.45, 7) is 24.1. The molecule has 0 aromatic carbocycles. The van der Waals surface area contributed by atoms with Gasteiger partial charge in [0.25, 0.3) is 0 Å². The highest BCUT2D eigenvalue weighted by atomic mass is 16.6. The Kier molecular flexibility index (Phi) is 9.37. The third kappa shape index (κ3) is 5.63. The molecule has 3 saturated heterocycles. The molecule has 8 nitrogen and oxygen atoms in total. The van der Waals surface area contributed by atoms with Gasteiger partial charge in [-0.25, -0.2) is 0 Å². The minimum atomic E-state index is -1.17. The normalized spacial score (nSPS) is 30.4. The second-order valence-corrected chi connectivity index (χ2v) is 14.4. The third-order valence-electron chi connectivity index (χ3n) is 9.08. The Labute approximate surface area is 241 Å². The molecule has 0 radical (unpaired) electrons. The van der Waals surface area contributed by atoms with Crippen LogP contribution in [0, 0.1) is 23.2 Å². The molecule has 3 heterocycles. The third-order valence-corrected chi connectivity index (χ3v) is 9.08. The zero-order valence-corrected chi connectivity index (χ0v) is 26.0. The second-order valence-electron chi connectivity index (χ2n) is 14.4. The quantitative estimate of drug-likeness (QED) is 0.202. The van der Waals surface area contributed by atoms with Gasteiger partial charge in [0, 0.05) is 12.1 Å². The van der Waals surface area contributed by atoms with Crippen LogP contribution in [0.3, 0.4) is 0 Å². The van der Waals surface area contributed by atoms with Crippen molar-refractivity contribution in [2.45, 2.75) is 116 Å². The highest BCUT2D eigenvalue weighted by Gasteiger charge is 2.79. The Morgan fingerprint density at radius 1 is 1.20 bits per heavy atom. The van der Waals surface area contributed by atoms with Gasteiger partial charge in [0.2, 0.25) is 11.8 Å². The minimum Gasteiger partial charge on any atom is -0.465 e. The molecule has 3 fully saturated rings. The Hall–Kier alpha value is -2.19. The van der Waals surface area contributed by atoms with Crippen LogP contribution in [-0.2, 0) is 23.9 Å². The summed E-state index contributed by atoms with van der Waals surface area (Å²) in [6, 6.07) is -1.57. The van der Waals surface area contributed by atoms with E-state index >= 15 is 0 Å². The maximum absolute atomic E-state index is 14.8. The predicted molar refractivity (Wildman–Crippen MR) is 155 cm³/mol. The van der Waals surface area contributed by atoms with E-state index in [1.165, 1.54) is 0 Å². The number of amides is 2. The zero-order chi connectivity index (χ0) is 30.3. The van der Waals surface area contributed by atoms with Crippen molar-refractivity contribution >= 4 is 17.8 Å². The van der Waals surface area contributed by atoms with Crippen LogP contribution >= 0.6 is 0 Å². The number of carbonyl (C=O) groups is 3. The Morgan fingerprint density at radius 3 is 2.38 bits per heavy atom. The Morgan fingerprint density at radius 2 is 1.85 bits per heavy atom. The van der Waals surface area contributed by atoms with E-state index < -0.39 is 46.6 Å². The van der Waals surface area contributed by atoms with Crippen LogP contribution in [0.4, 0.5) is 0 Å². The smallest absolute Gasteiger partial charge is 0.312 e. The summed E-state index contributed by atoms with van der Waals surface area (Å²) in [7, 11) is 0. The maximum atomic E-state index is 14.8. The molecule has 3 rings (SSSR count). The lowest BCUT2D eigenvalue weighted by Gasteiger charge is -2.47. The molecule has 0 aliphatic carbocycles. The number of allylic oxidation sites excluding steroid dienone is 1. The average Bonchev–Trinajstić information content (AvgIpc) is 3.39. The largest absolute Gasteiger partial charge is 0.465 e. The van der Waals surface area contributed by atoms with Gasteiger partial charge in [0.1, 0.15) is 17.6 Å². The van der Waals surface area contributed by atoms with Gasteiger partial charge in [-0.1, -0.05) is 46.8 Å². The molecule has 3 aliphatic heterocycles. The summed E-state index contributed by atoms with van der Waals surface area (Å²) < 4.78 is 12.4. The summed E-state index contributed by atoms with van der Waals surface area (Å²) in [5.74, 6) is -2.79. The van der Waals surface area contributed by atoms with Crippen molar-refractivity contribution < 1.29 is 29.0 Å². The number of hydrogen-bond donors (Lipinski definition) is 1. The fourth-order valence-corrected chi connectivity index (χ4v) is 7.77. The lowest BCUT2D eigenvalue weighted by Crippen LogP contribution is -2.63. The molecule has 3 aliphatic rings. The van der Waals surface area contributed by atoms with E-state index in [1.807, 2.05) is 39.5 Å². The first-order chi connectivity index (χ1) is 18.5. The summed E-state index contributed by atoms with van der Waals surface area (Å²) >= 11 is 0. The van der Waals surface area contributed by atoms with Crippen molar-refractivity contribution in [3.05, 3.63) is 25.3 Å². The van der Waals surface area contributed by atoms with Gasteiger partial charge >= 0.3 is 5.97 Å². The molecule has 1 N–H and O–H groups in total. The van der Waals surface area contributed by atoms with Crippen LogP contribution in [0.1, 0.15) is 87.5 Å². The van der Waals surface area contributed by atoms with Gasteiger partial charge in [0.15, 0.2) is 0 Å². The minimum absolute atomic E-state index is 0.0585. The van der Waals surface area contributed by atoms with Crippen molar-refractivity contribution in [2.75, 3.05) is 19.8 Å². The number of unbranched alkanes of at least 4 members (excludes halogenated alkanes) is 1. The molecule has 2 bridgehead atoms. The average molecular weight is 561 g/mol. The molecule has 2 unspecified atom stereocenters. The SMILES string of the molecule is C=CCCCOC(=O)[C@H]1[C@H]2C(=O)N([C@@H](CO)C(C)C)C(C(=O)N(CC=C)C(C)(C)CC(C)(C)C)C23CC[C@]1(C)O3. The lowest BCUT2D eigenvalue weighted by atomic mass is 9.66. The van der Waals surface area contributed by atoms with Gasteiger partial charge in [-0.15, -0.1) is 13.2 Å². The molecule has 40 heavy (non-hydrogen) atoms. The van der Waals surface area contributed by atoms with Crippen LogP contribution in [-0.4, -0.2) is 81.3 Å². The lowest BCUT2D eigenvalue weighted by molar-refractivity contribution is -0.164. The van der Waals surface area contributed by atoms with E-state index in [9.17, 15) is 19.5 Å². The first-order valence-corrected chi connectivity index (χ1v) is 14.8. The molecule has 1 spiro atoms. The Balaban J connectivity index is 2.12. The van der Waals surface area contributed by atoms with E-state index in [-0.39, 0.29) is 36.4 Å². The molecule has 8 heteroatoms. The number of esters is 1. The molecule has 2 amide bonds. The van der Waals surface area contributed by atoms with Crippen molar-refractivity contribution in [1.29, 1.82) is 0 Å². The first-order valence-electron chi connectivity index (χ1n) is 14.8. The van der Waals surface area contributed by atoms with Crippen LogP contribution < -0.4 is 0 Å². The standard InChI is InChI=1S/C32H52N2O6/c1-11-13-14-18-39-28(38)24-23-26(36)34(22(19-35)21(3)4)25(32(23)16-15-31(24,10)40-32)27(37)33(17-12-2)30(8,9)20-29(5,6)7/h11-12,21-25,35H,1-2,13-20H2,3-10H3/t22-,23-,24+,25?,31-,32?/m0/s1. The molecular formula is C32H52N2O6. The van der Waals surface area contributed by atoms with Crippen LogP contribution in [0.5, 0.6) is 0 Å². The monoisotopic (exact) mass is 560 g/mol. The van der Waals surface area contributed by atoms with Crippen molar-refractivity contribution in [1.82, 2.24) is 9.80 Å². The van der Waals surface area contributed by atoms with E-state index in [0.29, 0.717) is 25.8 Å². The van der Waals surface area contributed by atoms with E-state index in [4.69, 9.17) is 9.47 Å². The van der Waals surface area contributed by atoms with Crippen molar-refractivity contribution in [3.63, 3.8) is 0 Å². The zero-order valence-electron chi connectivity index (χ0n) is 26.0. The van der Waals surface area contributed by atoms with Gasteiger partial charge in [-0.2, -0.15) is 0 Å². The fraction of sp³-hybridized carbons (Fsp3) is 0.781. The van der Waals surface area contributed by atoms with Gasteiger partial charge in [0.05, 0.1) is 30.8 Å². The van der Waals surface area contributed by atoms with Crippen molar-refractivity contribution in [3.8, 4) is 0 Å². The molecule has 226 valence electrons. The van der Waals surface area contributed by atoms with E-state index in [1.54, 1.807) is 17.1 Å². The number of aliphatic hydroxyl groups excluding tert-OH is 1. The summed E-state index contributed by atoms with van der Waals surface area (Å²) in [6.07, 6.45) is 6.60. The molecule has 0 aromatic heterocycles. The molecular weight excluding hydrogens is 508 g/mol. The molecule has 0 aromatic rings. The number of nitrogens with zero attached hydrogens (tertiary/aromatic N) is 2. The van der Waals surface area contributed by atoms with Gasteiger partial charge in [-0.3, -0.25) is 14.4 Å². The number of carbonyl (C=O) groups excluding carboxylic acids is 3. The van der Waals surface area contributed by atoms with Crippen molar-refractivity contribution in [2.24, 2.45) is 23.2 Å². The van der Waals surface area contributed by atoms with Crippen LogP contribution in [0.15, 0.2) is 25.3 Å². The number of rotatable bonds is 13. The van der Waals surface area contributed by atoms with Gasteiger partial charge < -0.3 is 24.4 Å². The van der Waals surface area contributed by atoms with Crippen LogP contribution in [0.25, 0.3) is 0 Å². The summed E-state index contributed by atoms with van der Waals surface area (Å²) in [4.78, 5) is 46.1. The number of ether oxygens (including phenoxy) is 2. The number of likely N-dealkylation sites (tertiary alicyclic amines) is 1. The fourth-order valence-electron chi connectivity index (χ4n) is 7.77. The highest BCUT2D eigenvalue weighted by Crippen LogP contribution is 2.64. The van der Waals surface area contributed by atoms with E-state index in [0.717, 1.165) is 12.8 Å². The number of hydrogen-bond acceptors (Lipinski definition) is 6. The molecule has 0 saturated carbocycles. The Bertz CT molecular complexity index is 1000. The summed E-state index contributed by atoms with van der Waals surface area (Å²) in [5.41, 5.74) is -2.69. The van der Waals surface area contributed by atoms with E-state index in [2.05, 4.69) is 33.9 Å².